The van der Waals surface area contributed by atoms with Crippen molar-refractivity contribution in [2.45, 2.75) is 38.8 Å². The molecule has 0 aromatic heterocycles. The van der Waals surface area contributed by atoms with Crippen LogP contribution < -0.4 is 10.6 Å². The molecule has 0 heterocycles. The Morgan fingerprint density at radius 3 is 2.25 bits per heavy atom. The van der Waals surface area contributed by atoms with E-state index in [2.05, 4.69) is 35.9 Å². The van der Waals surface area contributed by atoms with E-state index in [4.69, 9.17) is 17.3 Å². The summed E-state index contributed by atoms with van der Waals surface area (Å²) in [5.74, 6) is -1.45. The molecule has 0 aliphatic carbocycles. The van der Waals surface area contributed by atoms with Crippen molar-refractivity contribution >= 4 is 59.5 Å². The SMILES string of the molecule is CCN(CC)[C@@H](CCC(=S)N[C@@H](CS)C(=O)NCC(=O)O)C(=O)S. The van der Waals surface area contributed by atoms with Gasteiger partial charge in [-0.3, -0.25) is 19.3 Å². The maximum Gasteiger partial charge on any atom is 0.322 e. The lowest BCUT2D eigenvalue weighted by molar-refractivity contribution is -0.138. The Balaban J connectivity index is 4.55. The van der Waals surface area contributed by atoms with Gasteiger partial charge in [0.15, 0.2) is 0 Å². The number of thiol groups is 2. The minimum atomic E-state index is -1.13. The first-order chi connectivity index (χ1) is 11.3. The third-order valence-electron chi connectivity index (χ3n) is 3.43. The number of carboxylic acid groups (broad SMARTS) is 1. The Labute approximate surface area is 158 Å². The van der Waals surface area contributed by atoms with Crippen molar-refractivity contribution in [2.75, 3.05) is 25.4 Å². The first kappa shape index (κ1) is 23.2. The zero-order valence-electron chi connectivity index (χ0n) is 13.8. The maximum atomic E-state index is 11.8. The number of carboxylic acids is 1. The summed E-state index contributed by atoms with van der Waals surface area (Å²) in [6, 6.07) is -1.06. The Kier molecular flexibility index (Phi) is 12.1. The highest BCUT2D eigenvalue weighted by Crippen LogP contribution is 2.11. The zero-order chi connectivity index (χ0) is 18.7. The van der Waals surface area contributed by atoms with Crippen molar-refractivity contribution in [3.63, 3.8) is 0 Å². The number of carbonyl (C=O) groups excluding carboxylic acids is 2. The topological polar surface area (TPSA) is 98.7 Å². The van der Waals surface area contributed by atoms with E-state index in [0.717, 1.165) is 13.1 Å². The summed E-state index contributed by atoms with van der Waals surface area (Å²) < 4.78 is 0. The molecular formula is C14H25N3O4S3. The number of hydrogen-bond acceptors (Lipinski definition) is 6. The van der Waals surface area contributed by atoms with Gasteiger partial charge in [-0.1, -0.05) is 26.1 Å². The molecule has 0 aromatic rings. The van der Waals surface area contributed by atoms with Gasteiger partial charge in [0.1, 0.15) is 12.6 Å². The fourth-order valence-corrected chi connectivity index (χ4v) is 2.95. The lowest BCUT2D eigenvalue weighted by atomic mass is 10.1. The zero-order valence-corrected chi connectivity index (χ0v) is 16.4. The number of carbonyl (C=O) groups is 3. The number of amides is 1. The first-order valence-corrected chi connectivity index (χ1v) is 9.12. The second kappa shape index (κ2) is 12.5. The molecule has 0 rings (SSSR count). The van der Waals surface area contributed by atoms with Crippen LogP contribution in [0, 0.1) is 0 Å². The van der Waals surface area contributed by atoms with E-state index in [-0.39, 0.29) is 16.9 Å². The molecule has 0 fully saturated rings. The molecule has 1 amide bonds. The molecule has 3 N–H and O–H groups in total. The molecule has 0 saturated carbocycles. The molecule has 138 valence electrons. The molecule has 0 aromatic carbocycles. The Morgan fingerprint density at radius 2 is 1.83 bits per heavy atom. The molecule has 2 atom stereocenters. The van der Waals surface area contributed by atoms with Gasteiger partial charge in [0.05, 0.1) is 11.0 Å². The van der Waals surface area contributed by atoms with Crippen LogP contribution in [0.2, 0.25) is 0 Å². The molecule has 0 bridgehead atoms. The third-order valence-corrected chi connectivity index (χ3v) is 4.42. The summed E-state index contributed by atoms with van der Waals surface area (Å²) in [6.45, 7) is 4.92. The van der Waals surface area contributed by atoms with E-state index in [1.165, 1.54) is 0 Å². The van der Waals surface area contributed by atoms with E-state index in [0.29, 0.717) is 17.8 Å². The number of likely N-dealkylation sites (N-methyl/N-ethyl adjacent to an activating group) is 1. The van der Waals surface area contributed by atoms with Crippen molar-refractivity contribution in [1.82, 2.24) is 15.5 Å². The van der Waals surface area contributed by atoms with Crippen molar-refractivity contribution < 1.29 is 19.5 Å². The summed E-state index contributed by atoms with van der Waals surface area (Å²) in [6.07, 6.45) is 0.908. The number of thiocarbonyl (C=S) groups is 1. The predicted octanol–water partition coefficient (Wildman–Crippen LogP) is 0.350. The van der Waals surface area contributed by atoms with Gasteiger partial charge < -0.3 is 15.7 Å². The van der Waals surface area contributed by atoms with E-state index in [9.17, 15) is 14.4 Å². The summed E-state index contributed by atoms with van der Waals surface area (Å²) >= 11 is 13.2. The lowest BCUT2D eigenvalue weighted by Gasteiger charge is -2.27. The summed E-state index contributed by atoms with van der Waals surface area (Å²) in [5, 5.41) is 13.5. The quantitative estimate of drug-likeness (QED) is 0.240. The highest BCUT2D eigenvalue weighted by Gasteiger charge is 2.23. The molecule has 0 radical (unpaired) electrons. The molecule has 0 aliphatic heterocycles. The number of rotatable bonds is 12. The first-order valence-electron chi connectivity index (χ1n) is 7.63. The van der Waals surface area contributed by atoms with Crippen LogP contribution in [0.25, 0.3) is 0 Å². The maximum absolute atomic E-state index is 11.8. The average Bonchev–Trinajstić information content (AvgIpc) is 2.53. The fraction of sp³-hybridized carbons (Fsp3) is 0.714. The highest BCUT2D eigenvalue weighted by atomic mass is 32.1. The van der Waals surface area contributed by atoms with E-state index in [1.807, 2.05) is 18.7 Å². The number of nitrogens with one attached hydrogen (secondary N) is 2. The largest absolute Gasteiger partial charge is 0.480 e. The number of nitrogens with zero attached hydrogens (tertiary/aromatic N) is 1. The number of hydrogen-bond donors (Lipinski definition) is 5. The smallest absolute Gasteiger partial charge is 0.322 e. The van der Waals surface area contributed by atoms with Crippen LogP contribution in [-0.2, 0) is 14.4 Å². The second-order valence-corrected chi connectivity index (χ2v) is 6.33. The van der Waals surface area contributed by atoms with Crippen LogP contribution in [0.4, 0.5) is 0 Å². The van der Waals surface area contributed by atoms with E-state index in [1.54, 1.807) is 0 Å². The molecule has 24 heavy (non-hydrogen) atoms. The van der Waals surface area contributed by atoms with Gasteiger partial charge in [0.25, 0.3) is 0 Å². The molecule has 0 spiro atoms. The van der Waals surface area contributed by atoms with Crippen LogP contribution in [0.1, 0.15) is 26.7 Å². The monoisotopic (exact) mass is 395 g/mol. The molecule has 0 saturated heterocycles. The standard InChI is InChI=1S/C14H25N3O4S3/c1-3-17(4-2)10(14(21)24)5-6-11(23)16-9(8-22)13(20)15-7-12(18)19/h9-10,22H,3-8H2,1-2H3,(H,15,20)(H,16,23)(H,18,19)(H,21,24)/t9-,10-/m0/s1. The minimum Gasteiger partial charge on any atom is -0.480 e. The van der Waals surface area contributed by atoms with Crippen LogP contribution >= 0.6 is 37.5 Å². The molecule has 0 unspecified atom stereocenters. The van der Waals surface area contributed by atoms with Crippen molar-refractivity contribution in [3.05, 3.63) is 0 Å². The highest BCUT2D eigenvalue weighted by molar-refractivity contribution is 7.96. The Bertz CT molecular complexity index is 459. The minimum absolute atomic E-state index is 0.163. The van der Waals surface area contributed by atoms with Crippen LogP contribution in [0.5, 0.6) is 0 Å². The molecule has 0 aliphatic rings. The molecular weight excluding hydrogens is 370 g/mol. The van der Waals surface area contributed by atoms with Gasteiger partial charge >= 0.3 is 5.97 Å². The summed E-state index contributed by atoms with van der Waals surface area (Å²) in [7, 11) is 0. The van der Waals surface area contributed by atoms with Crippen molar-refractivity contribution in [1.29, 1.82) is 0 Å². The average molecular weight is 396 g/mol. The van der Waals surface area contributed by atoms with Gasteiger partial charge in [0.2, 0.25) is 11.0 Å². The Morgan fingerprint density at radius 1 is 1.25 bits per heavy atom. The summed E-state index contributed by atoms with van der Waals surface area (Å²) in [5.41, 5.74) is 0. The lowest BCUT2D eigenvalue weighted by Crippen LogP contribution is -2.49. The van der Waals surface area contributed by atoms with Gasteiger partial charge in [-0.2, -0.15) is 12.6 Å². The van der Waals surface area contributed by atoms with Crippen molar-refractivity contribution in [2.24, 2.45) is 0 Å². The normalized spacial score (nSPS) is 13.2. The van der Waals surface area contributed by atoms with E-state index >= 15 is 0 Å². The molecule has 7 nitrogen and oxygen atoms in total. The summed E-state index contributed by atoms with van der Waals surface area (Å²) in [4.78, 5) is 36.4. The molecule has 10 heteroatoms. The fourth-order valence-electron chi connectivity index (χ4n) is 2.14. The van der Waals surface area contributed by atoms with Crippen LogP contribution in [-0.4, -0.2) is 69.5 Å². The van der Waals surface area contributed by atoms with Crippen LogP contribution in [0.15, 0.2) is 0 Å². The van der Waals surface area contributed by atoms with Crippen LogP contribution in [0.3, 0.4) is 0 Å². The van der Waals surface area contributed by atoms with Gasteiger partial charge in [-0.25, -0.2) is 0 Å². The predicted molar refractivity (Wildman–Crippen MR) is 104 cm³/mol. The number of aliphatic carboxylic acids is 1. The van der Waals surface area contributed by atoms with Crippen molar-refractivity contribution in [3.8, 4) is 0 Å². The third kappa shape index (κ3) is 8.86. The van der Waals surface area contributed by atoms with E-state index < -0.39 is 24.5 Å². The van der Waals surface area contributed by atoms with Gasteiger partial charge in [-0.15, -0.1) is 12.6 Å². The van der Waals surface area contributed by atoms with Gasteiger partial charge in [0, 0.05) is 5.75 Å². The van der Waals surface area contributed by atoms with Gasteiger partial charge in [-0.05, 0) is 25.9 Å². The Hall–Kier alpha value is -0.840. The second-order valence-electron chi connectivity index (χ2n) is 5.03.